The molecular formula is C14H23N3O2S. The van der Waals surface area contributed by atoms with Gasteiger partial charge in [0.1, 0.15) is 5.76 Å². The Morgan fingerprint density at radius 1 is 1.50 bits per heavy atom. The molecule has 1 aromatic rings. The number of nitrogens with zero attached hydrogens (tertiary/aromatic N) is 1. The van der Waals surface area contributed by atoms with Gasteiger partial charge in [-0.15, -0.1) is 0 Å². The number of thioether (sulfide) groups is 1. The Morgan fingerprint density at radius 2 is 2.35 bits per heavy atom. The summed E-state index contributed by atoms with van der Waals surface area (Å²) in [6.45, 7) is 5.60. The van der Waals surface area contributed by atoms with Crippen LogP contribution in [-0.4, -0.2) is 35.2 Å². The van der Waals surface area contributed by atoms with Crippen LogP contribution in [0.4, 0.5) is 0 Å². The second kappa shape index (κ2) is 7.69. The maximum atomic E-state index is 12.0. The fourth-order valence-electron chi connectivity index (χ4n) is 2.37. The lowest BCUT2D eigenvalue weighted by Crippen LogP contribution is -2.41. The van der Waals surface area contributed by atoms with Gasteiger partial charge in [0.2, 0.25) is 5.91 Å². The van der Waals surface area contributed by atoms with Gasteiger partial charge >= 0.3 is 0 Å². The van der Waals surface area contributed by atoms with Crippen LogP contribution < -0.4 is 10.6 Å². The van der Waals surface area contributed by atoms with E-state index in [1.165, 1.54) is 0 Å². The van der Waals surface area contributed by atoms with E-state index in [-0.39, 0.29) is 5.91 Å². The van der Waals surface area contributed by atoms with E-state index in [9.17, 15) is 4.79 Å². The van der Waals surface area contributed by atoms with Gasteiger partial charge in [0.05, 0.1) is 5.69 Å². The number of aryl methyl sites for hydroxylation is 2. The summed E-state index contributed by atoms with van der Waals surface area (Å²) in [4.78, 5) is 12.0. The molecule has 2 N–H and O–H groups in total. The van der Waals surface area contributed by atoms with Crippen molar-refractivity contribution in [2.45, 2.75) is 45.7 Å². The summed E-state index contributed by atoms with van der Waals surface area (Å²) in [7, 11) is 0. The van der Waals surface area contributed by atoms with Gasteiger partial charge in [-0.3, -0.25) is 4.79 Å². The van der Waals surface area contributed by atoms with Crippen LogP contribution in [-0.2, 0) is 24.2 Å². The molecule has 20 heavy (non-hydrogen) atoms. The summed E-state index contributed by atoms with van der Waals surface area (Å²) < 4.78 is 5.30. The fraction of sp³-hybridized carbons (Fsp3) is 0.714. The molecule has 5 nitrogen and oxygen atoms in total. The zero-order valence-corrected chi connectivity index (χ0v) is 13.0. The van der Waals surface area contributed by atoms with Crippen molar-refractivity contribution in [2.24, 2.45) is 0 Å². The van der Waals surface area contributed by atoms with Crippen molar-refractivity contribution in [3.63, 3.8) is 0 Å². The van der Waals surface area contributed by atoms with Gasteiger partial charge in [-0.25, -0.2) is 0 Å². The smallest absolute Gasteiger partial charge is 0.221 e. The van der Waals surface area contributed by atoms with Crippen LogP contribution in [0, 0.1) is 0 Å². The zero-order valence-electron chi connectivity index (χ0n) is 12.2. The summed E-state index contributed by atoms with van der Waals surface area (Å²) >= 11 is 1.91. The standard InChI is InChI=1S/C14H23N3O2S/c1-3-12-11(13(4-2)19-17-12)8-16-14(18)7-10-9-20-6-5-15-10/h10,15H,3-9H2,1-2H3,(H,16,18). The number of nitrogens with one attached hydrogen (secondary N) is 2. The normalized spacial score (nSPS) is 19.0. The molecule has 1 aliphatic rings. The van der Waals surface area contributed by atoms with Crippen LogP contribution in [0.15, 0.2) is 4.52 Å². The minimum Gasteiger partial charge on any atom is -0.361 e. The van der Waals surface area contributed by atoms with Crippen molar-refractivity contribution >= 4 is 17.7 Å². The Morgan fingerprint density at radius 3 is 3.00 bits per heavy atom. The summed E-state index contributed by atoms with van der Waals surface area (Å²) in [6, 6.07) is 0.299. The minimum absolute atomic E-state index is 0.0929. The molecule has 0 aromatic carbocycles. The SMILES string of the molecule is CCc1noc(CC)c1CNC(=O)CC1CSCCN1. The highest BCUT2D eigenvalue weighted by Crippen LogP contribution is 2.16. The van der Waals surface area contributed by atoms with Crippen molar-refractivity contribution in [3.05, 3.63) is 17.0 Å². The van der Waals surface area contributed by atoms with Gasteiger partial charge < -0.3 is 15.2 Å². The van der Waals surface area contributed by atoms with Gasteiger partial charge in [-0.1, -0.05) is 19.0 Å². The van der Waals surface area contributed by atoms with Crippen molar-refractivity contribution < 1.29 is 9.32 Å². The Bertz CT molecular complexity index is 420. The molecule has 0 saturated carbocycles. The third-order valence-electron chi connectivity index (χ3n) is 3.50. The quantitative estimate of drug-likeness (QED) is 0.833. The molecule has 1 saturated heterocycles. The molecule has 1 amide bonds. The van der Waals surface area contributed by atoms with Crippen molar-refractivity contribution in [2.75, 3.05) is 18.1 Å². The third kappa shape index (κ3) is 3.99. The Balaban J connectivity index is 1.84. The van der Waals surface area contributed by atoms with Gasteiger partial charge in [0.15, 0.2) is 0 Å². The van der Waals surface area contributed by atoms with Crippen LogP contribution in [0.2, 0.25) is 0 Å². The van der Waals surface area contributed by atoms with Gasteiger partial charge in [-0.2, -0.15) is 11.8 Å². The molecule has 1 atom stereocenters. The number of amides is 1. The van der Waals surface area contributed by atoms with E-state index in [1.54, 1.807) is 0 Å². The number of hydrogen-bond donors (Lipinski definition) is 2. The fourth-order valence-corrected chi connectivity index (χ4v) is 3.32. The van der Waals surface area contributed by atoms with E-state index >= 15 is 0 Å². The summed E-state index contributed by atoms with van der Waals surface area (Å²) in [5.74, 6) is 3.13. The highest BCUT2D eigenvalue weighted by atomic mass is 32.2. The number of rotatable bonds is 6. The molecule has 0 aliphatic carbocycles. The highest BCUT2D eigenvalue weighted by Gasteiger charge is 2.18. The molecule has 0 bridgehead atoms. The molecule has 112 valence electrons. The van der Waals surface area contributed by atoms with Crippen LogP contribution in [0.3, 0.4) is 0 Å². The maximum absolute atomic E-state index is 12.0. The lowest BCUT2D eigenvalue weighted by Gasteiger charge is -2.22. The van der Waals surface area contributed by atoms with Crippen LogP contribution >= 0.6 is 11.8 Å². The molecular weight excluding hydrogens is 274 g/mol. The first-order valence-corrected chi connectivity index (χ1v) is 8.44. The van der Waals surface area contributed by atoms with Crippen LogP contribution in [0.1, 0.15) is 37.3 Å². The topological polar surface area (TPSA) is 67.2 Å². The highest BCUT2D eigenvalue weighted by molar-refractivity contribution is 7.99. The monoisotopic (exact) mass is 297 g/mol. The first-order chi connectivity index (χ1) is 9.74. The molecule has 6 heteroatoms. The molecule has 2 heterocycles. The van der Waals surface area contributed by atoms with E-state index in [0.29, 0.717) is 19.0 Å². The van der Waals surface area contributed by atoms with Crippen LogP contribution in [0.5, 0.6) is 0 Å². The minimum atomic E-state index is 0.0929. The van der Waals surface area contributed by atoms with Gasteiger partial charge in [0.25, 0.3) is 0 Å². The van der Waals surface area contributed by atoms with Crippen molar-refractivity contribution in [1.29, 1.82) is 0 Å². The summed E-state index contributed by atoms with van der Waals surface area (Å²) in [6.07, 6.45) is 2.18. The molecule has 2 rings (SSSR count). The first kappa shape index (κ1) is 15.4. The Kier molecular flexibility index (Phi) is 5.91. The largest absolute Gasteiger partial charge is 0.361 e. The first-order valence-electron chi connectivity index (χ1n) is 7.28. The molecule has 0 spiro atoms. The third-order valence-corrected chi connectivity index (χ3v) is 4.63. The van der Waals surface area contributed by atoms with Crippen LogP contribution in [0.25, 0.3) is 0 Å². The predicted octanol–water partition coefficient (Wildman–Crippen LogP) is 1.51. The number of aromatic nitrogens is 1. The average molecular weight is 297 g/mol. The van der Waals surface area contributed by atoms with E-state index < -0.39 is 0 Å². The van der Waals surface area contributed by atoms with Gasteiger partial charge in [-0.05, 0) is 6.42 Å². The predicted molar refractivity (Wildman–Crippen MR) is 80.8 cm³/mol. The Hall–Kier alpha value is -1.01. The summed E-state index contributed by atoms with van der Waals surface area (Å²) in [5, 5.41) is 10.4. The molecule has 1 fully saturated rings. The average Bonchev–Trinajstić information content (AvgIpc) is 2.88. The Labute approximate surface area is 124 Å². The van der Waals surface area contributed by atoms with Crippen molar-refractivity contribution in [1.82, 2.24) is 15.8 Å². The van der Waals surface area contributed by atoms with Crippen molar-refractivity contribution in [3.8, 4) is 0 Å². The molecule has 0 radical (unpaired) electrons. The van der Waals surface area contributed by atoms with E-state index in [4.69, 9.17) is 4.52 Å². The molecule has 1 aliphatic heterocycles. The van der Waals surface area contributed by atoms with E-state index in [0.717, 1.165) is 47.9 Å². The molecule has 1 aromatic heterocycles. The lowest BCUT2D eigenvalue weighted by atomic mass is 10.1. The van der Waals surface area contributed by atoms with Gasteiger partial charge in [0, 0.05) is 49.0 Å². The lowest BCUT2D eigenvalue weighted by molar-refractivity contribution is -0.121. The second-order valence-electron chi connectivity index (χ2n) is 4.94. The molecule has 1 unspecified atom stereocenters. The number of carbonyl (C=O) groups excluding carboxylic acids is 1. The number of carbonyl (C=O) groups is 1. The number of hydrogen-bond acceptors (Lipinski definition) is 5. The zero-order chi connectivity index (χ0) is 14.4. The maximum Gasteiger partial charge on any atom is 0.221 e. The van der Waals surface area contributed by atoms with E-state index in [1.807, 2.05) is 25.6 Å². The van der Waals surface area contributed by atoms with E-state index in [2.05, 4.69) is 15.8 Å². The second-order valence-corrected chi connectivity index (χ2v) is 6.09. The summed E-state index contributed by atoms with van der Waals surface area (Å²) in [5.41, 5.74) is 2.00.